The van der Waals surface area contributed by atoms with Crippen molar-refractivity contribution in [3.8, 4) is 0 Å². The Morgan fingerprint density at radius 1 is 1.29 bits per heavy atom. The van der Waals surface area contributed by atoms with Gasteiger partial charge in [0.2, 0.25) is 0 Å². The van der Waals surface area contributed by atoms with E-state index < -0.39 is 33.2 Å². The highest BCUT2D eigenvalue weighted by molar-refractivity contribution is 7.32. The average Bonchev–Trinajstić information content (AvgIpc) is 2.13. The summed E-state index contributed by atoms with van der Waals surface area (Å²) in [6.07, 6.45) is -4.47. The quantitative estimate of drug-likeness (QED) is 0.302. The molecule has 0 saturated carbocycles. The minimum Gasteiger partial charge on any atom is -0.390 e. The first kappa shape index (κ1) is 13.6. The minimum absolute atomic E-state index is 0.330. The summed E-state index contributed by atoms with van der Waals surface area (Å²) in [7, 11) is -2.86. The number of aliphatic hydroxyl groups is 3. The maximum Gasteiger partial charge on any atom is 0.694 e. The third-order valence-electron chi connectivity index (χ3n) is 1.48. The molecule has 0 bridgehead atoms. The van der Waals surface area contributed by atoms with Crippen molar-refractivity contribution in [2.24, 2.45) is 0 Å². The van der Waals surface area contributed by atoms with Gasteiger partial charge in [-0.1, -0.05) is 0 Å². The topological polar surface area (TPSA) is 124 Å². The van der Waals surface area contributed by atoms with Gasteiger partial charge in [-0.3, -0.25) is 0 Å². The van der Waals surface area contributed by atoms with Crippen LogP contribution in [-0.4, -0.2) is 51.4 Å². The van der Waals surface area contributed by atoms with Crippen LogP contribution in [0.25, 0.3) is 0 Å². The van der Waals surface area contributed by atoms with Crippen LogP contribution in [0.4, 0.5) is 0 Å². The smallest absolute Gasteiger partial charge is 0.390 e. The van der Waals surface area contributed by atoms with E-state index in [4.69, 9.17) is 20.2 Å². The summed E-state index contributed by atoms with van der Waals surface area (Å²) in [5.41, 5.74) is 0. The summed E-state index contributed by atoms with van der Waals surface area (Å²) in [5, 5.41) is 27.2. The second-order valence-electron chi connectivity index (χ2n) is 2.56. The Balaban J connectivity index is 3.90. The number of aliphatic hydroxyl groups excluding tert-OH is 3. The molecule has 0 aliphatic rings. The van der Waals surface area contributed by atoms with Gasteiger partial charge in [-0.15, -0.1) is 9.42 Å². The predicted molar refractivity (Wildman–Crippen MR) is 44.5 cm³/mol. The Labute approximate surface area is 80.9 Å². The van der Waals surface area contributed by atoms with Gasteiger partial charge in [0.1, 0.15) is 25.1 Å². The van der Waals surface area contributed by atoms with Gasteiger partial charge in [0, 0.05) is 11.0 Å². The first-order chi connectivity index (χ1) is 6.49. The Hall–Kier alpha value is -0.430. The number of carbonyl (C=O) groups is 1. The number of carbonyl (C=O) groups excluding carboxylic acids is 1. The van der Waals surface area contributed by atoms with Gasteiger partial charge >= 0.3 is 8.25 Å². The van der Waals surface area contributed by atoms with Gasteiger partial charge in [0.15, 0.2) is 0 Å². The van der Waals surface area contributed by atoms with Crippen molar-refractivity contribution >= 4 is 14.5 Å². The van der Waals surface area contributed by atoms with Gasteiger partial charge < -0.3 is 20.1 Å². The Morgan fingerprint density at radius 3 is 2.29 bits per heavy atom. The fourth-order valence-electron chi connectivity index (χ4n) is 0.733. The van der Waals surface area contributed by atoms with Crippen LogP contribution < -0.4 is 0 Å². The molecule has 1 unspecified atom stereocenters. The molecular weight excluding hydrogens is 215 g/mol. The van der Waals surface area contributed by atoms with E-state index in [-0.39, 0.29) is 6.42 Å². The molecule has 0 saturated heterocycles. The third-order valence-corrected chi connectivity index (χ3v) is 1.85. The normalized spacial score (nSPS) is 18.4. The van der Waals surface area contributed by atoms with Crippen LogP contribution in [0, 0.1) is 0 Å². The van der Waals surface area contributed by atoms with Gasteiger partial charge in [-0.25, -0.2) is 0 Å². The van der Waals surface area contributed by atoms with Gasteiger partial charge in [0.25, 0.3) is 0 Å². The number of rotatable bonds is 7. The van der Waals surface area contributed by atoms with E-state index in [1.54, 1.807) is 0 Å². The molecule has 0 aromatic rings. The molecule has 0 heterocycles. The molecule has 0 amide bonds. The molecule has 0 aliphatic carbocycles. The molecule has 0 aromatic heterocycles. The second-order valence-corrected chi connectivity index (χ2v) is 3.30. The zero-order valence-electron chi connectivity index (χ0n) is 7.18. The van der Waals surface area contributed by atoms with Crippen LogP contribution in [0.2, 0.25) is 0 Å². The predicted octanol–water partition coefficient (Wildman–Crippen LogP) is -1.68. The molecular formula is C6H12O7P+. The van der Waals surface area contributed by atoms with Crippen molar-refractivity contribution in [3.05, 3.63) is 0 Å². The fraction of sp³-hybridized carbons (Fsp3) is 0.833. The van der Waals surface area contributed by atoms with Gasteiger partial charge in [-0.2, -0.15) is 0 Å². The molecule has 7 nitrogen and oxygen atoms in total. The maximum absolute atomic E-state index is 10.0. The van der Waals surface area contributed by atoms with Gasteiger partial charge in [-0.05, 0) is 0 Å². The lowest BCUT2D eigenvalue weighted by Crippen LogP contribution is -2.39. The highest BCUT2D eigenvalue weighted by atomic mass is 31.1. The standard InChI is InChI=1S/C6H11O7P/c7-2-1-4(8)6(10)5(9)3-13-14(11)12/h2,4-6,8-10H,1,3H2/p+1/t4-,5-,6+/m1/s1. The van der Waals surface area contributed by atoms with Crippen LogP contribution in [0.3, 0.4) is 0 Å². The maximum atomic E-state index is 10.0. The SMILES string of the molecule is O=CC[C@@H](O)[C@H](O)[C@H](O)CO[P+](=O)O. The molecule has 0 radical (unpaired) electrons. The number of hydrogen-bond donors (Lipinski definition) is 4. The molecule has 0 spiro atoms. The van der Waals surface area contributed by atoms with Crippen molar-refractivity contribution in [2.45, 2.75) is 24.7 Å². The zero-order chi connectivity index (χ0) is 11.1. The van der Waals surface area contributed by atoms with Crippen LogP contribution in [0.5, 0.6) is 0 Å². The fourth-order valence-corrected chi connectivity index (χ4v) is 1.01. The zero-order valence-corrected chi connectivity index (χ0v) is 8.08. The molecule has 8 heteroatoms. The highest BCUT2D eigenvalue weighted by Crippen LogP contribution is 2.16. The lowest BCUT2D eigenvalue weighted by atomic mass is 10.1. The lowest BCUT2D eigenvalue weighted by Gasteiger charge is -2.19. The Kier molecular flexibility index (Phi) is 6.73. The van der Waals surface area contributed by atoms with Crippen LogP contribution >= 0.6 is 8.25 Å². The van der Waals surface area contributed by atoms with Crippen molar-refractivity contribution < 1.29 is 34.1 Å². The van der Waals surface area contributed by atoms with Crippen molar-refractivity contribution in [1.82, 2.24) is 0 Å². The molecule has 14 heavy (non-hydrogen) atoms. The summed E-state index contributed by atoms with van der Waals surface area (Å²) in [5.74, 6) is 0. The summed E-state index contributed by atoms with van der Waals surface area (Å²) >= 11 is 0. The van der Waals surface area contributed by atoms with Crippen LogP contribution in [-0.2, 0) is 13.9 Å². The molecule has 0 rings (SSSR count). The molecule has 0 aliphatic heterocycles. The molecule has 4 N–H and O–H groups in total. The van der Waals surface area contributed by atoms with Crippen molar-refractivity contribution in [2.75, 3.05) is 6.61 Å². The van der Waals surface area contributed by atoms with Gasteiger partial charge in [0.05, 0.1) is 6.10 Å². The van der Waals surface area contributed by atoms with E-state index in [0.717, 1.165) is 0 Å². The lowest BCUT2D eigenvalue weighted by molar-refractivity contribution is -0.115. The molecule has 0 aromatic carbocycles. The average molecular weight is 227 g/mol. The Bertz CT molecular complexity index is 197. The summed E-state index contributed by atoms with van der Waals surface area (Å²) < 4.78 is 14.1. The monoisotopic (exact) mass is 227 g/mol. The first-order valence-electron chi connectivity index (χ1n) is 3.76. The van der Waals surface area contributed by atoms with E-state index in [1.165, 1.54) is 0 Å². The summed E-state index contributed by atoms with van der Waals surface area (Å²) in [4.78, 5) is 18.1. The van der Waals surface area contributed by atoms with E-state index in [0.29, 0.717) is 6.29 Å². The second kappa shape index (κ2) is 6.94. The van der Waals surface area contributed by atoms with Crippen LogP contribution in [0.15, 0.2) is 0 Å². The van der Waals surface area contributed by atoms with E-state index in [1.807, 2.05) is 0 Å². The number of aldehydes is 1. The minimum atomic E-state index is -2.86. The van der Waals surface area contributed by atoms with Crippen molar-refractivity contribution in [1.29, 1.82) is 0 Å². The number of hydrogen-bond acceptors (Lipinski definition) is 6. The molecule has 0 fully saturated rings. The highest BCUT2D eigenvalue weighted by Gasteiger charge is 2.27. The Morgan fingerprint density at radius 2 is 1.86 bits per heavy atom. The first-order valence-corrected chi connectivity index (χ1v) is 4.89. The van der Waals surface area contributed by atoms with E-state index >= 15 is 0 Å². The third kappa shape index (κ3) is 5.33. The van der Waals surface area contributed by atoms with E-state index in [2.05, 4.69) is 4.52 Å². The summed E-state index contributed by atoms with van der Waals surface area (Å²) in [6, 6.07) is 0. The van der Waals surface area contributed by atoms with E-state index in [9.17, 15) is 9.36 Å². The largest absolute Gasteiger partial charge is 0.694 e. The summed E-state index contributed by atoms with van der Waals surface area (Å²) in [6.45, 7) is -0.594. The molecule has 4 atom stereocenters. The van der Waals surface area contributed by atoms with Crippen molar-refractivity contribution in [3.63, 3.8) is 0 Å². The van der Waals surface area contributed by atoms with Crippen LogP contribution in [0.1, 0.15) is 6.42 Å². The molecule has 82 valence electrons.